The normalized spacial score (nSPS) is 10.5. The quantitative estimate of drug-likeness (QED) is 0.112. The van der Waals surface area contributed by atoms with Gasteiger partial charge < -0.3 is 14.9 Å². The summed E-state index contributed by atoms with van der Waals surface area (Å²) in [6.07, 6.45) is 19.6. The molecular weight excluding hydrogens is 384 g/mol. The number of carbonyl (C=O) groups excluding carboxylic acids is 1. The summed E-state index contributed by atoms with van der Waals surface area (Å²) in [5.74, 6) is -2.51. The molecule has 0 unspecified atom stereocenters. The number of carboxylic acids is 2. The number of hydrogen-bond donors (Lipinski definition) is 2. The van der Waals surface area contributed by atoms with E-state index in [9.17, 15) is 14.4 Å². The third kappa shape index (κ3) is 23.9. The number of carbonyl (C=O) groups is 3. The van der Waals surface area contributed by atoms with E-state index in [1.165, 1.54) is 70.5 Å². The molecule has 30 heavy (non-hydrogen) atoms. The second-order valence-corrected chi connectivity index (χ2v) is 7.42. The van der Waals surface area contributed by atoms with Crippen molar-refractivity contribution in [2.75, 3.05) is 0 Å². The Morgan fingerprint density at radius 1 is 0.733 bits per heavy atom. The Labute approximate surface area is 182 Å². The second kappa shape index (κ2) is 23.2. The maximum atomic E-state index is 12.0. The van der Waals surface area contributed by atoms with Gasteiger partial charge in [-0.15, -0.1) is 0 Å². The Morgan fingerprint density at radius 2 is 1.10 bits per heavy atom. The summed E-state index contributed by atoms with van der Waals surface area (Å²) in [6, 6.07) is 0. The Morgan fingerprint density at radius 3 is 1.43 bits per heavy atom. The zero-order valence-corrected chi connectivity index (χ0v) is 18.9. The molecule has 0 aliphatic rings. The molecule has 0 heterocycles. The maximum Gasteiger partial charge on any atom is 0.328 e. The molecule has 6 heteroatoms. The van der Waals surface area contributed by atoms with Crippen LogP contribution in [-0.4, -0.2) is 28.1 Å². The number of carboxylic acid groups (broad SMARTS) is 2. The van der Waals surface area contributed by atoms with E-state index in [-0.39, 0.29) is 11.9 Å². The van der Waals surface area contributed by atoms with Crippen molar-refractivity contribution in [1.29, 1.82) is 0 Å². The van der Waals surface area contributed by atoms with Crippen LogP contribution in [0.4, 0.5) is 0 Å². The van der Waals surface area contributed by atoms with E-state index in [0.29, 0.717) is 12.2 Å². The van der Waals surface area contributed by atoms with Gasteiger partial charge in [0.15, 0.2) is 0 Å². The minimum absolute atomic E-state index is 0.0721. The lowest BCUT2D eigenvalue weighted by Crippen LogP contribution is -2.16. The van der Waals surface area contributed by atoms with Gasteiger partial charge in [0.25, 0.3) is 0 Å². The van der Waals surface area contributed by atoms with Crippen LogP contribution >= 0.6 is 0 Å². The largest absolute Gasteiger partial charge is 0.478 e. The van der Waals surface area contributed by atoms with Gasteiger partial charge in [-0.3, -0.25) is 4.79 Å². The molecule has 0 aromatic heterocycles. The van der Waals surface area contributed by atoms with Crippen molar-refractivity contribution < 1.29 is 29.3 Å². The van der Waals surface area contributed by atoms with Gasteiger partial charge in [-0.2, -0.15) is 0 Å². The SMILES string of the molecule is C=COC(=O)C(CCCCCCCC)CCCCCCCC.O=C(O)/C=C\C(=O)O. The van der Waals surface area contributed by atoms with Crippen LogP contribution in [0.1, 0.15) is 104 Å². The highest BCUT2D eigenvalue weighted by Crippen LogP contribution is 2.20. The highest BCUT2D eigenvalue weighted by molar-refractivity contribution is 5.89. The van der Waals surface area contributed by atoms with E-state index in [1.54, 1.807) is 0 Å². The van der Waals surface area contributed by atoms with Gasteiger partial charge in [-0.05, 0) is 12.8 Å². The minimum Gasteiger partial charge on any atom is -0.478 e. The molecule has 0 rings (SSSR count). The van der Waals surface area contributed by atoms with Crippen molar-refractivity contribution in [2.24, 2.45) is 5.92 Å². The van der Waals surface area contributed by atoms with Crippen LogP contribution in [0, 0.1) is 5.92 Å². The van der Waals surface area contributed by atoms with E-state index < -0.39 is 11.9 Å². The first-order valence-corrected chi connectivity index (χ1v) is 11.3. The molecule has 2 N–H and O–H groups in total. The first-order valence-electron chi connectivity index (χ1n) is 11.3. The Bertz CT molecular complexity index is 452. The Balaban J connectivity index is 0. The highest BCUT2D eigenvalue weighted by Gasteiger charge is 2.18. The average molecular weight is 427 g/mol. The topological polar surface area (TPSA) is 101 Å². The Hall–Kier alpha value is -2.11. The molecule has 0 aromatic carbocycles. The fourth-order valence-electron chi connectivity index (χ4n) is 3.04. The zero-order valence-electron chi connectivity index (χ0n) is 18.9. The van der Waals surface area contributed by atoms with Gasteiger partial charge in [0.1, 0.15) is 0 Å². The predicted molar refractivity (Wildman–Crippen MR) is 120 cm³/mol. The standard InChI is InChI=1S/C20H38O2.C4H4O4/c1-4-7-9-11-13-15-17-19(20(21)22-6-3)18-16-14-12-10-8-5-2;5-3(6)1-2-4(7)8/h6,19H,3-5,7-18H2,1-2H3;1-2H,(H,5,6)(H,7,8)/b;2-1-. The van der Waals surface area contributed by atoms with Gasteiger partial charge in [-0.25, -0.2) is 9.59 Å². The molecule has 0 radical (unpaired) electrons. The zero-order chi connectivity index (χ0) is 23.0. The summed E-state index contributed by atoms with van der Waals surface area (Å²) < 4.78 is 5.02. The predicted octanol–water partition coefficient (Wildman–Crippen LogP) is 6.50. The van der Waals surface area contributed by atoms with Crippen molar-refractivity contribution in [1.82, 2.24) is 0 Å². The molecule has 0 amide bonds. The summed E-state index contributed by atoms with van der Waals surface area (Å²) in [4.78, 5) is 31.1. The van der Waals surface area contributed by atoms with Crippen LogP contribution in [0.5, 0.6) is 0 Å². The maximum absolute atomic E-state index is 12.0. The van der Waals surface area contributed by atoms with E-state index in [4.69, 9.17) is 14.9 Å². The van der Waals surface area contributed by atoms with Gasteiger partial charge in [0.2, 0.25) is 0 Å². The van der Waals surface area contributed by atoms with Gasteiger partial charge in [0, 0.05) is 12.2 Å². The fraction of sp³-hybridized carbons (Fsp3) is 0.708. The monoisotopic (exact) mass is 426 g/mol. The minimum atomic E-state index is -1.26. The lowest BCUT2D eigenvalue weighted by atomic mass is 9.94. The smallest absolute Gasteiger partial charge is 0.328 e. The second-order valence-electron chi connectivity index (χ2n) is 7.42. The number of aliphatic carboxylic acids is 2. The third-order valence-corrected chi connectivity index (χ3v) is 4.71. The average Bonchev–Trinajstić information content (AvgIpc) is 2.70. The fourth-order valence-corrected chi connectivity index (χ4v) is 3.04. The van der Waals surface area contributed by atoms with Crippen LogP contribution in [0.25, 0.3) is 0 Å². The third-order valence-electron chi connectivity index (χ3n) is 4.71. The Kier molecular flexibility index (Phi) is 23.2. The summed E-state index contributed by atoms with van der Waals surface area (Å²) in [7, 11) is 0. The summed E-state index contributed by atoms with van der Waals surface area (Å²) >= 11 is 0. The number of esters is 1. The summed E-state index contributed by atoms with van der Waals surface area (Å²) in [6.45, 7) is 7.98. The van der Waals surface area contributed by atoms with Crippen LogP contribution in [0.3, 0.4) is 0 Å². The van der Waals surface area contributed by atoms with Crippen LogP contribution < -0.4 is 0 Å². The van der Waals surface area contributed by atoms with E-state index in [2.05, 4.69) is 20.4 Å². The van der Waals surface area contributed by atoms with E-state index in [0.717, 1.165) is 25.7 Å². The van der Waals surface area contributed by atoms with Gasteiger partial charge >= 0.3 is 17.9 Å². The van der Waals surface area contributed by atoms with Crippen molar-refractivity contribution in [3.05, 3.63) is 25.0 Å². The van der Waals surface area contributed by atoms with Crippen LogP contribution in [0.2, 0.25) is 0 Å². The number of ether oxygens (including phenoxy) is 1. The molecule has 6 nitrogen and oxygen atoms in total. The van der Waals surface area contributed by atoms with Crippen LogP contribution in [0.15, 0.2) is 25.0 Å². The summed E-state index contributed by atoms with van der Waals surface area (Å²) in [5.41, 5.74) is 0. The van der Waals surface area contributed by atoms with E-state index >= 15 is 0 Å². The molecule has 0 fully saturated rings. The number of unbranched alkanes of at least 4 members (excludes halogenated alkanes) is 10. The lowest BCUT2D eigenvalue weighted by molar-refractivity contribution is -0.143. The van der Waals surface area contributed by atoms with Gasteiger partial charge in [0.05, 0.1) is 12.2 Å². The van der Waals surface area contributed by atoms with E-state index in [1.807, 2.05) is 0 Å². The molecule has 0 spiro atoms. The molecule has 0 aromatic rings. The molecule has 0 aliphatic heterocycles. The first kappa shape index (κ1) is 30.1. The number of hydrogen-bond acceptors (Lipinski definition) is 4. The summed E-state index contributed by atoms with van der Waals surface area (Å²) in [5, 5.41) is 15.6. The van der Waals surface area contributed by atoms with Crippen molar-refractivity contribution in [3.8, 4) is 0 Å². The highest BCUT2D eigenvalue weighted by atomic mass is 16.5. The molecule has 0 aliphatic carbocycles. The van der Waals surface area contributed by atoms with Crippen molar-refractivity contribution in [2.45, 2.75) is 104 Å². The molecule has 174 valence electrons. The number of rotatable bonds is 18. The van der Waals surface area contributed by atoms with Crippen molar-refractivity contribution >= 4 is 17.9 Å². The van der Waals surface area contributed by atoms with Gasteiger partial charge in [-0.1, -0.05) is 97.5 Å². The molecular formula is C24H42O6. The van der Waals surface area contributed by atoms with Crippen molar-refractivity contribution in [3.63, 3.8) is 0 Å². The molecule has 0 bridgehead atoms. The molecule has 0 atom stereocenters. The molecule has 0 saturated heterocycles. The van der Waals surface area contributed by atoms with Crippen LogP contribution in [-0.2, 0) is 19.1 Å². The first-order chi connectivity index (χ1) is 14.4. The molecule has 0 saturated carbocycles. The lowest BCUT2D eigenvalue weighted by Gasteiger charge is -2.14.